The van der Waals surface area contributed by atoms with Gasteiger partial charge in [-0.2, -0.15) is 0 Å². The fourth-order valence-corrected chi connectivity index (χ4v) is 4.17. The molecule has 1 aromatic carbocycles. The Balaban J connectivity index is 1.64. The highest BCUT2D eigenvalue weighted by Gasteiger charge is 2.36. The summed E-state index contributed by atoms with van der Waals surface area (Å²) in [6.07, 6.45) is 2.79. The first-order valence-electron chi connectivity index (χ1n) is 9.38. The van der Waals surface area contributed by atoms with Crippen molar-refractivity contribution >= 4 is 17.6 Å². The number of aliphatic carboxylic acids is 1. The zero-order valence-corrected chi connectivity index (χ0v) is 15.9. The van der Waals surface area contributed by atoms with Crippen LogP contribution in [0.4, 0.5) is 0 Å². The normalized spacial score (nSPS) is 26.3. The molecule has 0 bridgehead atoms. The molecule has 0 aliphatic carbocycles. The van der Waals surface area contributed by atoms with Crippen molar-refractivity contribution in [2.75, 3.05) is 6.54 Å². The van der Waals surface area contributed by atoms with Gasteiger partial charge in [-0.3, -0.25) is 14.5 Å². The molecule has 29 heavy (non-hydrogen) atoms. The van der Waals surface area contributed by atoms with Gasteiger partial charge in [0.1, 0.15) is 18.4 Å². The average molecular weight is 394 g/mol. The Morgan fingerprint density at radius 2 is 2.14 bits per heavy atom. The largest absolute Gasteiger partial charge is 0.487 e. The summed E-state index contributed by atoms with van der Waals surface area (Å²) in [5, 5.41) is 22.0. The van der Waals surface area contributed by atoms with Crippen LogP contribution >= 0.6 is 0 Å². The van der Waals surface area contributed by atoms with E-state index in [1.807, 2.05) is 18.2 Å². The number of carboxylic acids is 1. The summed E-state index contributed by atoms with van der Waals surface area (Å²) in [6.45, 7) is 8.59. The summed E-state index contributed by atoms with van der Waals surface area (Å²) in [6, 6.07) is 5.07. The Hall–Kier alpha value is -3.16. The highest BCUT2D eigenvalue weighted by atomic mass is 16.5. The predicted molar refractivity (Wildman–Crippen MR) is 106 cm³/mol. The lowest BCUT2D eigenvalue weighted by Gasteiger charge is -2.21. The number of ether oxygens (including phenoxy) is 1. The monoisotopic (exact) mass is 394 g/mol. The number of carbonyl (C=O) groups excluding carboxylic acids is 1. The smallest absolute Gasteiger partial charge is 0.321 e. The number of amides is 1. The van der Waals surface area contributed by atoms with E-state index in [0.717, 1.165) is 16.7 Å². The summed E-state index contributed by atoms with van der Waals surface area (Å²) < 4.78 is 5.86. The second-order valence-corrected chi connectivity index (χ2v) is 7.35. The molecule has 0 spiro atoms. The molecule has 0 saturated carbocycles. The van der Waals surface area contributed by atoms with Crippen molar-refractivity contribution in [2.24, 2.45) is 0 Å². The van der Waals surface area contributed by atoms with Crippen LogP contribution in [0.25, 0.3) is 5.76 Å². The molecule has 1 saturated heterocycles. The number of aliphatic hydroxyl groups is 1. The first-order valence-corrected chi connectivity index (χ1v) is 9.38. The van der Waals surface area contributed by atoms with Gasteiger partial charge in [0.25, 0.3) is 5.91 Å². The van der Waals surface area contributed by atoms with Gasteiger partial charge in [0, 0.05) is 41.9 Å². The van der Waals surface area contributed by atoms with Gasteiger partial charge >= 0.3 is 5.97 Å². The summed E-state index contributed by atoms with van der Waals surface area (Å²) in [5.41, 5.74) is 4.40. The van der Waals surface area contributed by atoms with Crippen molar-refractivity contribution in [1.82, 2.24) is 10.2 Å². The molecule has 3 heterocycles. The number of benzene rings is 1. The molecule has 3 aliphatic rings. The molecule has 1 fully saturated rings. The fraction of sp³-hybridized carbons (Fsp3) is 0.273. The van der Waals surface area contributed by atoms with E-state index in [1.54, 1.807) is 17.1 Å². The third-order valence-corrected chi connectivity index (χ3v) is 5.51. The van der Waals surface area contributed by atoms with Crippen molar-refractivity contribution in [1.29, 1.82) is 0 Å². The third kappa shape index (κ3) is 3.28. The minimum atomic E-state index is -0.924. The van der Waals surface area contributed by atoms with Gasteiger partial charge in [0.05, 0.1) is 11.7 Å². The molecule has 4 rings (SSSR count). The molecule has 3 aliphatic heterocycles. The van der Waals surface area contributed by atoms with Crippen molar-refractivity contribution in [2.45, 2.75) is 31.7 Å². The fourth-order valence-electron chi connectivity index (χ4n) is 4.17. The number of aliphatic hydroxyl groups excluding tert-OH is 1. The zero-order chi connectivity index (χ0) is 20.7. The van der Waals surface area contributed by atoms with Crippen molar-refractivity contribution in [3.63, 3.8) is 0 Å². The van der Waals surface area contributed by atoms with Gasteiger partial charge in [-0.1, -0.05) is 37.4 Å². The standard InChI is InChI=1S/C22H22N2O5/c1-3-15-17(4-2)23-21(26)19(15)20-16-6-5-12(7-13(16)11-29-20)9-24-10-14(25)8-18(24)22(27)28/h3-7,14,18,25H,1-2,8-11H2,(H,23,26)(H,27,28)/b20-19+. The average Bonchev–Trinajstić information content (AvgIpc) is 3.35. The van der Waals surface area contributed by atoms with E-state index < -0.39 is 18.1 Å². The van der Waals surface area contributed by atoms with E-state index in [9.17, 15) is 19.8 Å². The van der Waals surface area contributed by atoms with E-state index in [2.05, 4.69) is 18.5 Å². The number of nitrogens with zero attached hydrogens (tertiary/aromatic N) is 1. The highest BCUT2D eigenvalue weighted by molar-refractivity contribution is 6.09. The predicted octanol–water partition coefficient (Wildman–Crippen LogP) is 1.70. The van der Waals surface area contributed by atoms with Crippen LogP contribution in [-0.2, 0) is 27.5 Å². The summed E-state index contributed by atoms with van der Waals surface area (Å²) in [4.78, 5) is 25.7. The minimum Gasteiger partial charge on any atom is -0.487 e. The summed E-state index contributed by atoms with van der Waals surface area (Å²) >= 11 is 0. The van der Waals surface area contributed by atoms with E-state index >= 15 is 0 Å². The minimum absolute atomic E-state index is 0.233. The number of carbonyl (C=O) groups is 2. The Kier molecular flexibility index (Phi) is 4.86. The second kappa shape index (κ2) is 7.35. The molecule has 7 nitrogen and oxygen atoms in total. The third-order valence-electron chi connectivity index (χ3n) is 5.51. The van der Waals surface area contributed by atoms with Crippen molar-refractivity contribution < 1.29 is 24.5 Å². The first-order chi connectivity index (χ1) is 13.9. The zero-order valence-electron chi connectivity index (χ0n) is 15.9. The molecule has 2 unspecified atom stereocenters. The number of fused-ring (bicyclic) bond motifs is 1. The molecule has 0 aromatic heterocycles. The number of hydrogen-bond donors (Lipinski definition) is 3. The lowest BCUT2D eigenvalue weighted by atomic mass is 9.98. The SMILES string of the molecule is C=CC1=C(C=C)/C(=C2\OCc3cc(CN4CC(O)CC4C(=O)O)ccc32)C(=O)N1. The summed E-state index contributed by atoms with van der Waals surface area (Å²) in [5.74, 6) is -0.667. The number of β-amino-alcohol motifs (C(OH)–C–C–N with tert-alkyl or cyclic N) is 1. The molecule has 0 radical (unpaired) electrons. The number of carboxylic acid groups (broad SMARTS) is 1. The van der Waals surface area contributed by atoms with Crippen LogP contribution in [0.2, 0.25) is 0 Å². The maximum absolute atomic E-state index is 12.5. The lowest BCUT2D eigenvalue weighted by molar-refractivity contribution is -0.142. The van der Waals surface area contributed by atoms with E-state index in [0.29, 0.717) is 42.3 Å². The Morgan fingerprint density at radius 1 is 1.34 bits per heavy atom. The Morgan fingerprint density at radius 3 is 2.83 bits per heavy atom. The first kappa shape index (κ1) is 19.2. The number of nitrogens with one attached hydrogen (secondary N) is 1. The van der Waals surface area contributed by atoms with Crippen LogP contribution in [0, 0.1) is 0 Å². The molecule has 7 heteroatoms. The topological polar surface area (TPSA) is 99.1 Å². The van der Waals surface area contributed by atoms with E-state index in [-0.39, 0.29) is 12.3 Å². The second-order valence-electron chi connectivity index (χ2n) is 7.35. The van der Waals surface area contributed by atoms with Crippen LogP contribution in [0.1, 0.15) is 23.1 Å². The van der Waals surface area contributed by atoms with Gasteiger partial charge in [-0.15, -0.1) is 0 Å². The van der Waals surface area contributed by atoms with Crippen LogP contribution in [-0.4, -0.2) is 45.7 Å². The van der Waals surface area contributed by atoms with Gasteiger partial charge in [0.15, 0.2) is 0 Å². The quantitative estimate of drug-likeness (QED) is 0.658. The number of rotatable bonds is 5. The van der Waals surface area contributed by atoms with Gasteiger partial charge in [-0.05, 0) is 11.6 Å². The van der Waals surface area contributed by atoms with E-state index in [1.165, 1.54) is 0 Å². The van der Waals surface area contributed by atoms with Gasteiger partial charge in [-0.25, -0.2) is 0 Å². The van der Waals surface area contributed by atoms with Gasteiger partial charge in [0.2, 0.25) is 0 Å². The number of hydrogen-bond acceptors (Lipinski definition) is 5. The molecule has 3 N–H and O–H groups in total. The maximum atomic E-state index is 12.5. The highest BCUT2D eigenvalue weighted by Crippen LogP contribution is 2.38. The summed E-state index contributed by atoms with van der Waals surface area (Å²) in [7, 11) is 0. The maximum Gasteiger partial charge on any atom is 0.321 e. The molecule has 1 amide bonds. The number of allylic oxidation sites excluding steroid dienone is 2. The Bertz CT molecular complexity index is 991. The molecule has 2 atom stereocenters. The van der Waals surface area contributed by atoms with Crippen molar-refractivity contribution in [3.8, 4) is 0 Å². The van der Waals surface area contributed by atoms with Crippen LogP contribution in [0.5, 0.6) is 0 Å². The van der Waals surface area contributed by atoms with Crippen LogP contribution in [0.3, 0.4) is 0 Å². The molecular formula is C22H22N2O5. The molecular weight excluding hydrogens is 372 g/mol. The molecule has 1 aromatic rings. The van der Waals surface area contributed by atoms with Crippen LogP contribution < -0.4 is 5.32 Å². The van der Waals surface area contributed by atoms with Crippen molar-refractivity contribution in [3.05, 3.63) is 77.0 Å². The van der Waals surface area contributed by atoms with Gasteiger partial charge < -0.3 is 20.3 Å². The number of likely N-dealkylation sites (tertiary alicyclic amines) is 1. The molecule has 150 valence electrons. The van der Waals surface area contributed by atoms with Crippen LogP contribution in [0.15, 0.2) is 60.4 Å². The Labute approximate surface area is 168 Å². The van der Waals surface area contributed by atoms with E-state index in [4.69, 9.17) is 4.74 Å². The lowest BCUT2D eigenvalue weighted by Crippen LogP contribution is -2.35.